The van der Waals surface area contributed by atoms with Gasteiger partial charge in [-0.05, 0) is 28.5 Å². The third-order valence-corrected chi connectivity index (χ3v) is 4.18. The monoisotopic (exact) mass is 190 g/mol. The van der Waals surface area contributed by atoms with Crippen LogP contribution < -0.4 is 0 Å². The Kier molecular flexibility index (Phi) is 1.15. The molecule has 2 heteroatoms. The average molecular weight is 190 g/mol. The number of hydrogen-bond acceptors (Lipinski definition) is 2. The topological polar surface area (TPSA) is 0 Å². The number of fused-ring (bicyclic) bond motifs is 3. The van der Waals surface area contributed by atoms with Crippen LogP contribution in [0.2, 0.25) is 0 Å². The van der Waals surface area contributed by atoms with Gasteiger partial charge in [0.05, 0.1) is 9.75 Å². The predicted octanol–water partition coefficient (Wildman–Crippen LogP) is 3.85. The van der Waals surface area contributed by atoms with E-state index in [0.29, 0.717) is 0 Å². The zero-order chi connectivity index (χ0) is 8.13. The first kappa shape index (κ1) is 6.63. The Balaban J connectivity index is 2.47. The first-order valence-corrected chi connectivity index (χ1v) is 5.49. The molecular weight excluding hydrogens is 184 g/mol. The van der Waals surface area contributed by atoms with Crippen LogP contribution in [0.5, 0.6) is 0 Å². The molecule has 0 bridgehead atoms. The quantitative estimate of drug-likeness (QED) is 0.505. The second-order valence-electron chi connectivity index (χ2n) is 2.81. The van der Waals surface area contributed by atoms with Gasteiger partial charge in [0.25, 0.3) is 0 Å². The van der Waals surface area contributed by atoms with Gasteiger partial charge in [-0.1, -0.05) is 6.58 Å². The molecule has 58 valence electrons. The van der Waals surface area contributed by atoms with Gasteiger partial charge in [-0.3, -0.25) is 0 Å². The van der Waals surface area contributed by atoms with Crippen LogP contribution in [0, 0.1) is 0 Å². The molecule has 12 heavy (non-hydrogen) atoms. The molecule has 1 aliphatic carbocycles. The largest absolute Gasteiger partial charge is 0.142 e. The molecule has 0 saturated heterocycles. The average Bonchev–Trinajstić information content (AvgIpc) is 2.72. The zero-order valence-corrected chi connectivity index (χ0v) is 7.97. The van der Waals surface area contributed by atoms with E-state index >= 15 is 0 Å². The van der Waals surface area contributed by atoms with Crippen LogP contribution in [0.15, 0.2) is 29.5 Å². The van der Waals surface area contributed by atoms with Gasteiger partial charge >= 0.3 is 0 Å². The molecule has 0 atom stereocenters. The number of thiophene rings is 2. The molecule has 0 unspecified atom stereocenters. The molecule has 3 rings (SSSR count). The summed E-state index contributed by atoms with van der Waals surface area (Å²) < 4.78 is 0. The minimum Gasteiger partial charge on any atom is -0.142 e. The van der Waals surface area contributed by atoms with Gasteiger partial charge in [-0.15, -0.1) is 22.7 Å². The summed E-state index contributed by atoms with van der Waals surface area (Å²) in [4.78, 5) is 2.81. The lowest BCUT2D eigenvalue weighted by Crippen LogP contribution is -1.71. The minimum absolute atomic E-state index is 1.20. The van der Waals surface area contributed by atoms with Crippen LogP contribution in [-0.4, -0.2) is 0 Å². The van der Waals surface area contributed by atoms with E-state index in [0.717, 1.165) is 0 Å². The highest BCUT2D eigenvalue weighted by Crippen LogP contribution is 2.48. The maximum Gasteiger partial charge on any atom is 0.0527 e. The third kappa shape index (κ3) is 0.625. The Bertz CT molecular complexity index is 417. The van der Waals surface area contributed by atoms with E-state index in [2.05, 4.69) is 29.5 Å². The Hall–Kier alpha value is -0.860. The maximum absolute atomic E-state index is 4.09. The summed E-state index contributed by atoms with van der Waals surface area (Å²) >= 11 is 3.63. The van der Waals surface area contributed by atoms with Crippen LogP contribution in [0.3, 0.4) is 0 Å². The normalized spacial score (nSPS) is 13.2. The molecule has 0 radical (unpaired) electrons. The predicted molar refractivity (Wildman–Crippen MR) is 55.8 cm³/mol. The lowest BCUT2D eigenvalue weighted by molar-refractivity contribution is 1.80. The van der Waals surface area contributed by atoms with Crippen molar-refractivity contribution in [1.82, 2.24) is 0 Å². The van der Waals surface area contributed by atoms with Gasteiger partial charge in [-0.25, -0.2) is 0 Å². The van der Waals surface area contributed by atoms with E-state index in [4.69, 9.17) is 0 Å². The van der Waals surface area contributed by atoms with Gasteiger partial charge in [0.1, 0.15) is 0 Å². The highest BCUT2D eigenvalue weighted by molar-refractivity contribution is 7.21. The summed E-state index contributed by atoms with van der Waals surface area (Å²) in [5.41, 5.74) is 3.87. The lowest BCUT2D eigenvalue weighted by atomic mass is 10.1. The SMILES string of the molecule is C=C1c2ccsc2-c2sccc21. The van der Waals surface area contributed by atoms with Crippen LogP contribution in [0.1, 0.15) is 11.1 Å². The molecule has 0 fully saturated rings. The maximum atomic E-state index is 4.09. The van der Waals surface area contributed by atoms with E-state index in [9.17, 15) is 0 Å². The van der Waals surface area contributed by atoms with Gasteiger partial charge < -0.3 is 0 Å². The van der Waals surface area contributed by atoms with E-state index in [1.807, 2.05) is 22.7 Å². The highest BCUT2D eigenvalue weighted by Gasteiger charge is 2.23. The second-order valence-corrected chi connectivity index (χ2v) is 4.64. The van der Waals surface area contributed by atoms with Gasteiger partial charge in [-0.2, -0.15) is 0 Å². The summed E-state index contributed by atoms with van der Waals surface area (Å²) in [6.07, 6.45) is 0. The third-order valence-electron chi connectivity index (χ3n) is 2.19. The van der Waals surface area contributed by atoms with Crippen LogP contribution in [0.4, 0.5) is 0 Å². The van der Waals surface area contributed by atoms with Crippen molar-refractivity contribution in [2.75, 3.05) is 0 Å². The fraction of sp³-hybridized carbons (Fsp3) is 0. The van der Waals surface area contributed by atoms with Crippen molar-refractivity contribution < 1.29 is 0 Å². The van der Waals surface area contributed by atoms with E-state index in [1.165, 1.54) is 26.5 Å². The molecule has 0 aromatic carbocycles. The number of hydrogen-bond donors (Lipinski definition) is 0. The number of rotatable bonds is 0. The molecule has 2 aromatic heterocycles. The van der Waals surface area contributed by atoms with Gasteiger partial charge in [0, 0.05) is 11.1 Å². The first-order chi connectivity index (χ1) is 5.88. The fourth-order valence-electron chi connectivity index (χ4n) is 1.59. The standard InChI is InChI=1S/C10H6S2/c1-6-7-2-4-11-9(7)10-8(6)3-5-12-10/h2-5H,1H2. The highest BCUT2D eigenvalue weighted by atomic mass is 32.1. The van der Waals surface area contributed by atoms with Gasteiger partial charge in [0.15, 0.2) is 0 Å². The van der Waals surface area contributed by atoms with Crippen molar-refractivity contribution in [3.63, 3.8) is 0 Å². The molecule has 0 amide bonds. The van der Waals surface area contributed by atoms with E-state index in [1.54, 1.807) is 0 Å². The molecule has 0 spiro atoms. The molecule has 2 aromatic rings. The Morgan fingerprint density at radius 3 is 1.92 bits per heavy atom. The van der Waals surface area contributed by atoms with Crippen molar-refractivity contribution in [2.45, 2.75) is 0 Å². The van der Waals surface area contributed by atoms with E-state index in [-0.39, 0.29) is 0 Å². The van der Waals surface area contributed by atoms with Crippen molar-refractivity contribution >= 4 is 28.2 Å². The van der Waals surface area contributed by atoms with Crippen LogP contribution in [0.25, 0.3) is 15.3 Å². The molecule has 1 aliphatic rings. The van der Waals surface area contributed by atoms with Crippen LogP contribution in [-0.2, 0) is 0 Å². The van der Waals surface area contributed by atoms with Crippen LogP contribution >= 0.6 is 22.7 Å². The molecule has 0 saturated carbocycles. The summed E-state index contributed by atoms with van der Waals surface area (Å²) in [5.74, 6) is 0. The van der Waals surface area contributed by atoms with Crippen molar-refractivity contribution in [3.8, 4) is 9.75 Å². The molecule has 0 nitrogen and oxygen atoms in total. The Labute approximate surface area is 78.8 Å². The first-order valence-electron chi connectivity index (χ1n) is 3.73. The van der Waals surface area contributed by atoms with E-state index < -0.39 is 0 Å². The smallest absolute Gasteiger partial charge is 0.0527 e. The van der Waals surface area contributed by atoms with Crippen molar-refractivity contribution in [2.24, 2.45) is 0 Å². The second kappa shape index (κ2) is 2.09. The summed E-state index contributed by atoms with van der Waals surface area (Å²) in [7, 11) is 0. The van der Waals surface area contributed by atoms with Gasteiger partial charge in [0.2, 0.25) is 0 Å². The fourth-order valence-corrected chi connectivity index (χ4v) is 3.63. The summed E-state index contributed by atoms with van der Waals surface area (Å²) in [6.45, 7) is 4.09. The summed E-state index contributed by atoms with van der Waals surface area (Å²) in [6, 6.07) is 4.32. The Morgan fingerprint density at radius 1 is 0.917 bits per heavy atom. The zero-order valence-electron chi connectivity index (χ0n) is 6.33. The minimum atomic E-state index is 1.20. The molecule has 0 aliphatic heterocycles. The molecular formula is C10H6S2. The van der Waals surface area contributed by atoms with Crippen molar-refractivity contribution in [1.29, 1.82) is 0 Å². The lowest BCUT2D eigenvalue weighted by Gasteiger charge is -1.90. The van der Waals surface area contributed by atoms with Crippen molar-refractivity contribution in [3.05, 3.63) is 40.6 Å². The Morgan fingerprint density at radius 2 is 1.42 bits per heavy atom. The molecule has 2 heterocycles. The summed E-state index contributed by atoms with van der Waals surface area (Å²) in [5, 5.41) is 4.27. The molecule has 0 N–H and O–H groups in total.